The van der Waals surface area contributed by atoms with E-state index in [1.807, 2.05) is 27.7 Å². The average Bonchev–Trinajstić information content (AvgIpc) is 2.06. The van der Waals surface area contributed by atoms with Gasteiger partial charge in [-0.05, 0) is 27.7 Å². The minimum absolute atomic E-state index is 0. The monoisotopic (exact) mass is 264 g/mol. The van der Waals surface area contributed by atoms with Crippen LogP contribution in [0.5, 0.6) is 0 Å². The summed E-state index contributed by atoms with van der Waals surface area (Å²) in [5.41, 5.74) is 0. The predicted octanol–water partition coefficient (Wildman–Crippen LogP) is 1.57. The van der Waals surface area contributed by atoms with Gasteiger partial charge in [0.15, 0.2) is 0 Å². The normalized spacial score (nSPS) is 11.1. The minimum atomic E-state index is -2.80. The Hall–Kier alpha value is 0.576. The van der Waals surface area contributed by atoms with Crippen molar-refractivity contribution in [2.24, 2.45) is 0 Å². The van der Waals surface area contributed by atoms with Crippen LogP contribution >= 0.6 is 0 Å². The minimum Gasteiger partial charge on any atom is -0.351 e. The van der Waals surface area contributed by atoms with Crippen LogP contribution in [0.15, 0.2) is 0 Å². The molecule has 0 aromatic rings. The zero-order valence-corrected chi connectivity index (χ0v) is 11.4. The zero-order chi connectivity index (χ0) is 10.2. The summed E-state index contributed by atoms with van der Waals surface area (Å²) >= 11 is 0. The Morgan fingerprint density at radius 3 is 1.00 bits per heavy atom. The molecule has 0 aromatic carbocycles. The van der Waals surface area contributed by atoms with Gasteiger partial charge in [-0.15, -0.1) is 0 Å². The van der Waals surface area contributed by atoms with Gasteiger partial charge >= 0.3 is 9.05 Å². The summed E-state index contributed by atoms with van der Waals surface area (Å²) in [5, 5.41) is 0. The third-order valence-electron chi connectivity index (χ3n) is 1.28. The van der Waals surface area contributed by atoms with Crippen LogP contribution in [-0.2, 0) is 34.8 Å². The van der Waals surface area contributed by atoms with Crippen molar-refractivity contribution in [2.75, 3.05) is 26.4 Å². The fourth-order valence-electron chi connectivity index (χ4n) is 0.957. The van der Waals surface area contributed by atoms with Gasteiger partial charge in [0.05, 0.1) is 0 Å². The van der Waals surface area contributed by atoms with Gasteiger partial charge in [-0.25, -0.2) is 0 Å². The van der Waals surface area contributed by atoms with Gasteiger partial charge in [-0.3, -0.25) is 0 Å². The first-order valence-electron chi connectivity index (χ1n) is 4.80. The Labute approximate surface area is 98.2 Å². The first-order chi connectivity index (χ1) is 6.24. The van der Waals surface area contributed by atoms with Gasteiger partial charge in [-0.2, -0.15) is 0 Å². The first-order valence-corrected chi connectivity index (χ1v) is 6.43. The van der Waals surface area contributed by atoms with Crippen LogP contribution in [0.25, 0.3) is 0 Å². The molecule has 0 atom stereocenters. The molecule has 0 bridgehead atoms. The SMILES string of the molecule is CCO[Si](OCC)(OCC)OCC.[Fe]. The van der Waals surface area contributed by atoms with Gasteiger partial charge in [0.1, 0.15) is 0 Å². The standard InChI is InChI=1S/C8H20O4Si.Fe/c1-5-9-13(10-6-2,11-7-3)12-8-4;/h5-8H2,1-4H3;. The van der Waals surface area contributed by atoms with E-state index < -0.39 is 9.05 Å². The molecule has 0 unspecified atom stereocenters. The third kappa shape index (κ3) is 6.13. The van der Waals surface area contributed by atoms with Gasteiger partial charge in [0.25, 0.3) is 0 Å². The van der Waals surface area contributed by atoms with E-state index in [2.05, 4.69) is 0 Å². The average molecular weight is 264 g/mol. The van der Waals surface area contributed by atoms with E-state index in [0.717, 1.165) is 0 Å². The molecule has 0 N–H and O–H groups in total. The van der Waals surface area contributed by atoms with Crippen molar-refractivity contribution in [1.29, 1.82) is 0 Å². The molecule has 6 heteroatoms. The summed E-state index contributed by atoms with van der Waals surface area (Å²) in [6.45, 7) is 9.80. The molecule has 0 saturated heterocycles. The van der Waals surface area contributed by atoms with E-state index in [1.54, 1.807) is 0 Å². The largest absolute Gasteiger partial charge is 0.679 e. The Bertz CT molecular complexity index is 96.4. The maximum Gasteiger partial charge on any atom is 0.679 e. The molecule has 0 aliphatic rings. The molecule has 0 aromatic heterocycles. The van der Waals surface area contributed by atoms with Crippen molar-refractivity contribution >= 4 is 9.05 Å². The second-order valence-electron chi connectivity index (χ2n) is 2.23. The molecule has 0 aliphatic carbocycles. The van der Waals surface area contributed by atoms with Gasteiger partial charge < -0.3 is 17.7 Å². The van der Waals surface area contributed by atoms with Crippen LogP contribution in [0.3, 0.4) is 0 Å². The summed E-state index contributed by atoms with van der Waals surface area (Å²) in [5.74, 6) is 0. The third-order valence-corrected chi connectivity index (χ3v) is 3.85. The molecule has 88 valence electrons. The summed E-state index contributed by atoms with van der Waals surface area (Å²) in [4.78, 5) is 0. The van der Waals surface area contributed by atoms with Crippen molar-refractivity contribution in [2.45, 2.75) is 27.7 Å². The number of hydrogen-bond acceptors (Lipinski definition) is 4. The van der Waals surface area contributed by atoms with E-state index in [4.69, 9.17) is 17.7 Å². The number of rotatable bonds is 8. The van der Waals surface area contributed by atoms with Crippen LogP contribution in [0.4, 0.5) is 0 Å². The van der Waals surface area contributed by atoms with Crippen LogP contribution in [-0.4, -0.2) is 35.5 Å². The Morgan fingerprint density at radius 1 is 0.643 bits per heavy atom. The topological polar surface area (TPSA) is 36.9 Å². The zero-order valence-electron chi connectivity index (χ0n) is 9.31. The molecule has 4 nitrogen and oxygen atoms in total. The maximum absolute atomic E-state index is 5.42. The van der Waals surface area contributed by atoms with Crippen molar-refractivity contribution in [3.63, 3.8) is 0 Å². The van der Waals surface area contributed by atoms with E-state index in [0.29, 0.717) is 26.4 Å². The molecule has 0 spiro atoms. The maximum atomic E-state index is 5.42. The molecule has 0 amide bonds. The van der Waals surface area contributed by atoms with Crippen LogP contribution in [0.2, 0.25) is 0 Å². The molecule has 0 aliphatic heterocycles. The molecule has 0 saturated carbocycles. The fourth-order valence-corrected chi connectivity index (χ4v) is 2.87. The molecular formula is C8H20FeO4Si. The molecule has 0 heterocycles. The van der Waals surface area contributed by atoms with E-state index in [1.165, 1.54) is 0 Å². The summed E-state index contributed by atoms with van der Waals surface area (Å²) in [6, 6.07) is 0. The Morgan fingerprint density at radius 2 is 0.857 bits per heavy atom. The molecule has 0 rings (SSSR count). The Kier molecular flexibility index (Phi) is 12.3. The molecular weight excluding hydrogens is 244 g/mol. The number of hydrogen-bond donors (Lipinski definition) is 0. The molecule has 0 radical (unpaired) electrons. The van der Waals surface area contributed by atoms with Gasteiger partial charge in [0, 0.05) is 43.5 Å². The Balaban J connectivity index is 0. The quantitative estimate of drug-likeness (QED) is 0.623. The van der Waals surface area contributed by atoms with Crippen LogP contribution < -0.4 is 0 Å². The first kappa shape index (κ1) is 17.0. The van der Waals surface area contributed by atoms with Crippen molar-refractivity contribution in [1.82, 2.24) is 0 Å². The second-order valence-corrected chi connectivity index (χ2v) is 4.39. The summed E-state index contributed by atoms with van der Waals surface area (Å²) < 4.78 is 21.7. The van der Waals surface area contributed by atoms with Gasteiger partial charge in [0.2, 0.25) is 0 Å². The summed E-state index contributed by atoms with van der Waals surface area (Å²) in [7, 11) is -2.80. The van der Waals surface area contributed by atoms with E-state index >= 15 is 0 Å². The van der Waals surface area contributed by atoms with Crippen LogP contribution in [0.1, 0.15) is 27.7 Å². The van der Waals surface area contributed by atoms with E-state index in [9.17, 15) is 0 Å². The molecule has 0 fully saturated rings. The van der Waals surface area contributed by atoms with Crippen molar-refractivity contribution in [3.8, 4) is 0 Å². The summed E-state index contributed by atoms with van der Waals surface area (Å²) in [6.07, 6.45) is 0. The molecule has 14 heavy (non-hydrogen) atoms. The van der Waals surface area contributed by atoms with Crippen molar-refractivity contribution in [3.05, 3.63) is 0 Å². The smallest absolute Gasteiger partial charge is 0.351 e. The van der Waals surface area contributed by atoms with Gasteiger partial charge in [-0.1, -0.05) is 0 Å². The fraction of sp³-hybridized carbons (Fsp3) is 1.00. The van der Waals surface area contributed by atoms with Crippen LogP contribution in [0, 0.1) is 0 Å². The van der Waals surface area contributed by atoms with E-state index in [-0.39, 0.29) is 17.1 Å². The van der Waals surface area contributed by atoms with Crippen molar-refractivity contribution < 1.29 is 34.8 Å². The predicted molar refractivity (Wildman–Crippen MR) is 52.3 cm³/mol. The second kappa shape index (κ2) is 10.1.